The molecule has 1 aromatic heterocycles. The molecule has 0 saturated carbocycles. The van der Waals surface area contributed by atoms with Gasteiger partial charge in [-0.3, -0.25) is 4.90 Å². The first-order valence-electron chi connectivity index (χ1n) is 7.38. The van der Waals surface area contributed by atoms with Crippen molar-refractivity contribution < 1.29 is 8.42 Å². The Morgan fingerprint density at radius 1 is 1.48 bits per heavy atom. The maximum absolute atomic E-state index is 12.2. The fourth-order valence-corrected chi connectivity index (χ4v) is 4.45. The molecule has 21 heavy (non-hydrogen) atoms. The molecule has 0 bridgehead atoms. The van der Waals surface area contributed by atoms with E-state index in [4.69, 9.17) is 0 Å². The maximum atomic E-state index is 12.2. The third-order valence-electron chi connectivity index (χ3n) is 3.53. The molecule has 2 rings (SSSR count). The molecule has 2 N–H and O–H groups in total. The fraction of sp³-hybridized carbons (Fsp3) is 0.769. The Bertz CT molecular complexity index is 538. The molecule has 1 saturated heterocycles. The lowest BCUT2D eigenvalue weighted by molar-refractivity contribution is 0.253. The molecule has 1 fully saturated rings. The summed E-state index contributed by atoms with van der Waals surface area (Å²) in [6.07, 6.45) is 2.76. The van der Waals surface area contributed by atoms with Crippen LogP contribution in [-0.4, -0.2) is 56.8 Å². The van der Waals surface area contributed by atoms with Crippen LogP contribution in [0.2, 0.25) is 0 Å². The molecule has 0 spiro atoms. The number of rotatable bonds is 7. The zero-order valence-corrected chi connectivity index (χ0v) is 14.3. The van der Waals surface area contributed by atoms with Gasteiger partial charge in [-0.1, -0.05) is 6.92 Å². The highest BCUT2D eigenvalue weighted by Crippen LogP contribution is 2.20. The van der Waals surface area contributed by atoms with E-state index < -0.39 is 10.0 Å². The lowest BCUT2D eigenvalue weighted by atomic mass is 10.4. The molecule has 0 aliphatic carbocycles. The van der Waals surface area contributed by atoms with Crippen LogP contribution in [0, 0.1) is 0 Å². The van der Waals surface area contributed by atoms with Crippen molar-refractivity contribution >= 4 is 21.4 Å². The lowest BCUT2D eigenvalue weighted by Crippen LogP contribution is -2.46. The van der Waals surface area contributed by atoms with E-state index in [1.54, 1.807) is 11.3 Å². The summed E-state index contributed by atoms with van der Waals surface area (Å²) in [5, 5.41) is 4.09. The average molecular weight is 332 g/mol. The molecule has 0 aromatic carbocycles. The third kappa shape index (κ3) is 5.30. The van der Waals surface area contributed by atoms with Gasteiger partial charge in [-0.25, -0.2) is 18.1 Å². The van der Waals surface area contributed by atoms with Gasteiger partial charge in [0.1, 0.15) is 5.01 Å². The Morgan fingerprint density at radius 2 is 2.19 bits per heavy atom. The second-order valence-corrected chi connectivity index (χ2v) is 8.29. The molecule has 1 aliphatic heterocycles. The van der Waals surface area contributed by atoms with Gasteiger partial charge < -0.3 is 5.32 Å². The lowest BCUT2D eigenvalue weighted by Gasteiger charge is -2.27. The first-order chi connectivity index (χ1) is 10.00. The van der Waals surface area contributed by atoms with Crippen LogP contribution in [0.15, 0.2) is 6.20 Å². The predicted octanol–water partition coefficient (Wildman–Crippen LogP) is 0.591. The number of aromatic nitrogens is 1. The summed E-state index contributed by atoms with van der Waals surface area (Å²) in [5.41, 5.74) is 0. The van der Waals surface area contributed by atoms with E-state index in [1.807, 2.05) is 13.1 Å². The van der Waals surface area contributed by atoms with Crippen molar-refractivity contribution in [3.8, 4) is 0 Å². The zero-order valence-electron chi connectivity index (χ0n) is 12.6. The highest BCUT2D eigenvalue weighted by molar-refractivity contribution is 7.89. The van der Waals surface area contributed by atoms with Crippen molar-refractivity contribution in [1.29, 1.82) is 0 Å². The van der Waals surface area contributed by atoms with Crippen LogP contribution in [0.1, 0.15) is 29.8 Å². The predicted molar refractivity (Wildman–Crippen MR) is 86.1 cm³/mol. The molecule has 2 heterocycles. The van der Waals surface area contributed by atoms with E-state index in [9.17, 15) is 8.42 Å². The quantitative estimate of drug-likeness (QED) is 0.764. The number of nitrogens with one attached hydrogen (secondary N) is 2. The average Bonchev–Trinajstić information content (AvgIpc) is 2.95. The van der Waals surface area contributed by atoms with Gasteiger partial charge >= 0.3 is 0 Å². The molecule has 1 aromatic rings. The van der Waals surface area contributed by atoms with Crippen LogP contribution >= 0.6 is 11.3 Å². The molecule has 8 heteroatoms. The smallest absolute Gasteiger partial charge is 0.213 e. The maximum Gasteiger partial charge on any atom is 0.213 e. The molecule has 0 amide bonds. The third-order valence-corrected chi connectivity index (χ3v) is 6.29. The van der Waals surface area contributed by atoms with Gasteiger partial charge in [0.25, 0.3) is 0 Å². The van der Waals surface area contributed by atoms with Crippen molar-refractivity contribution in [2.75, 3.05) is 38.5 Å². The van der Waals surface area contributed by atoms with Crippen molar-refractivity contribution in [3.63, 3.8) is 0 Å². The monoisotopic (exact) mass is 332 g/mol. The molecule has 1 atom stereocenters. The van der Waals surface area contributed by atoms with Crippen LogP contribution in [0.3, 0.4) is 0 Å². The number of aryl methyl sites for hydroxylation is 1. The van der Waals surface area contributed by atoms with Crippen molar-refractivity contribution in [2.45, 2.75) is 26.3 Å². The summed E-state index contributed by atoms with van der Waals surface area (Å²) < 4.78 is 27.0. The van der Waals surface area contributed by atoms with Gasteiger partial charge in [0.2, 0.25) is 10.0 Å². The number of thiazole rings is 1. The molecule has 1 aliphatic rings. The SMILES string of the molecule is CCc1cnc(C(C)NS(=O)(=O)CCN2CCNCC2)s1. The molecule has 6 nitrogen and oxygen atoms in total. The van der Waals surface area contributed by atoms with Gasteiger partial charge in [0.05, 0.1) is 11.8 Å². The number of hydrogen-bond donors (Lipinski definition) is 2. The molecule has 120 valence electrons. The Hall–Kier alpha value is -0.540. The number of nitrogens with zero attached hydrogens (tertiary/aromatic N) is 2. The summed E-state index contributed by atoms with van der Waals surface area (Å²) in [6.45, 7) is 8.20. The van der Waals surface area contributed by atoms with Crippen LogP contribution in [0.4, 0.5) is 0 Å². The van der Waals surface area contributed by atoms with Crippen LogP contribution in [0.25, 0.3) is 0 Å². The highest BCUT2D eigenvalue weighted by Gasteiger charge is 2.20. The van der Waals surface area contributed by atoms with Crippen molar-refractivity contribution in [2.24, 2.45) is 0 Å². The summed E-state index contributed by atoms with van der Waals surface area (Å²) in [5.74, 6) is 0.142. The van der Waals surface area contributed by atoms with Crippen LogP contribution in [-0.2, 0) is 16.4 Å². The van der Waals surface area contributed by atoms with Gasteiger partial charge in [0.15, 0.2) is 0 Å². The summed E-state index contributed by atoms with van der Waals surface area (Å²) in [6, 6.07) is -0.261. The van der Waals surface area contributed by atoms with E-state index in [1.165, 1.54) is 4.88 Å². The van der Waals surface area contributed by atoms with E-state index in [0.717, 1.165) is 37.6 Å². The van der Waals surface area contributed by atoms with Crippen molar-refractivity contribution in [3.05, 3.63) is 16.1 Å². The van der Waals surface area contributed by atoms with Gasteiger partial charge in [0, 0.05) is 43.8 Å². The van der Waals surface area contributed by atoms with E-state index in [-0.39, 0.29) is 11.8 Å². The summed E-state index contributed by atoms with van der Waals surface area (Å²) in [4.78, 5) is 7.65. The minimum Gasteiger partial charge on any atom is -0.314 e. The van der Waals surface area contributed by atoms with Gasteiger partial charge in [-0.05, 0) is 13.3 Å². The first kappa shape index (κ1) is 16.8. The Balaban J connectivity index is 1.84. The highest BCUT2D eigenvalue weighted by atomic mass is 32.2. The minimum atomic E-state index is -3.27. The summed E-state index contributed by atoms with van der Waals surface area (Å²) >= 11 is 1.57. The Kier molecular flexibility index (Phi) is 6.12. The second-order valence-electron chi connectivity index (χ2n) is 5.27. The van der Waals surface area contributed by atoms with E-state index in [2.05, 4.69) is 26.8 Å². The Labute approximate surface area is 131 Å². The van der Waals surface area contributed by atoms with Crippen molar-refractivity contribution in [1.82, 2.24) is 19.9 Å². The van der Waals surface area contributed by atoms with Crippen LogP contribution in [0.5, 0.6) is 0 Å². The summed E-state index contributed by atoms with van der Waals surface area (Å²) in [7, 11) is -3.27. The normalized spacial score (nSPS) is 18.8. The zero-order chi connectivity index (χ0) is 15.3. The second kappa shape index (κ2) is 7.64. The number of hydrogen-bond acceptors (Lipinski definition) is 6. The number of sulfonamides is 1. The largest absolute Gasteiger partial charge is 0.314 e. The molecule has 1 unspecified atom stereocenters. The topological polar surface area (TPSA) is 74.3 Å². The van der Waals surface area contributed by atoms with E-state index in [0.29, 0.717) is 6.54 Å². The number of piperazine rings is 1. The molecular formula is C13H24N4O2S2. The molecular weight excluding hydrogens is 308 g/mol. The fourth-order valence-electron chi connectivity index (χ4n) is 2.25. The van der Waals surface area contributed by atoms with Crippen LogP contribution < -0.4 is 10.0 Å². The molecule has 0 radical (unpaired) electrons. The van der Waals surface area contributed by atoms with E-state index >= 15 is 0 Å². The first-order valence-corrected chi connectivity index (χ1v) is 9.84. The standard InChI is InChI=1S/C13H24N4O2S2/c1-3-12-10-15-13(20-12)11(2)16-21(18,19)9-8-17-6-4-14-5-7-17/h10-11,14,16H,3-9H2,1-2H3. The Morgan fingerprint density at radius 3 is 2.81 bits per heavy atom. The van der Waals surface area contributed by atoms with Gasteiger partial charge in [-0.2, -0.15) is 0 Å². The minimum absolute atomic E-state index is 0.142. The van der Waals surface area contributed by atoms with Gasteiger partial charge in [-0.15, -0.1) is 11.3 Å².